The van der Waals surface area contributed by atoms with Crippen LogP contribution in [0.4, 0.5) is 4.39 Å². The second kappa shape index (κ2) is 11.3. The molecule has 1 atom stereocenters. The van der Waals surface area contributed by atoms with Crippen LogP contribution in [0.15, 0.2) is 52.8 Å². The fraction of sp³-hybridized carbons (Fsp3) is 0.375. The second-order valence-corrected chi connectivity index (χ2v) is 13.4. The lowest BCUT2D eigenvalue weighted by Gasteiger charge is -2.35. The SMILES string of the molecule is COc1cc(-c2ccccc2Cl)c(S(=O)(=O)N2CCC(F)(C(=O)N[C@H](C)/C=C\S(C)(=O)=O)CC2)cc1Cl. The third-order valence-electron chi connectivity index (χ3n) is 5.93. The molecule has 1 heterocycles. The number of rotatable bonds is 8. The normalized spacial score (nSPS) is 17.5. The van der Waals surface area contributed by atoms with Crippen molar-refractivity contribution in [2.24, 2.45) is 0 Å². The minimum Gasteiger partial charge on any atom is -0.495 e. The molecule has 37 heavy (non-hydrogen) atoms. The molecule has 0 bridgehead atoms. The number of halogens is 3. The third kappa shape index (κ3) is 6.83. The maximum absolute atomic E-state index is 15.5. The molecule has 3 rings (SSSR count). The van der Waals surface area contributed by atoms with Crippen LogP contribution < -0.4 is 10.1 Å². The Bertz CT molecular complexity index is 1420. The third-order valence-corrected chi connectivity index (χ3v) is 9.15. The highest BCUT2D eigenvalue weighted by Crippen LogP contribution is 2.41. The van der Waals surface area contributed by atoms with Crippen molar-refractivity contribution >= 4 is 49.0 Å². The van der Waals surface area contributed by atoms with Crippen molar-refractivity contribution in [2.45, 2.75) is 36.4 Å². The molecule has 0 saturated carbocycles. The van der Waals surface area contributed by atoms with Crippen molar-refractivity contribution in [3.05, 3.63) is 57.9 Å². The molecule has 1 fully saturated rings. The number of sulfone groups is 1. The zero-order valence-corrected chi connectivity index (χ0v) is 23.5. The molecule has 202 valence electrons. The molecule has 8 nitrogen and oxygen atoms in total. The number of carbonyl (C=O) groups excluding carboxylic acids is 1. The van der Waals surface area contributed by atoms with Crippen LogP contribution in [0.5, 0.6) is 5.75 Å². The first-order valence-corrected chi connectivity index (χ1v) is 15.3. The fourth-order valence-corrected chi connectivity index (χ4v) is 6.61. The van der Waals surface area contributed by atoms with E-state index in [0.717, 1.165) is 16.0 Å². The Hall–Kier alpha value is -2.18. The van der Waals surface area contributed by atoms with Gasteiger partial charge in [0.1, 0.15) is 5.75 Å². The lowest BCUT2D eigenvalue weighted by molar-refractivity contribution is -0.135. The highest BCUT2D eigenvalue weighted by atomic mass is 35.5. The van der Waals surface area contributed by atoms with Gasteiger partial charge in [-0.2, -0.15) is 4.31 Å². The van der Waals surface area contributed by atoms with Crippen LogP contribution >= 0.6 is 23.2 Å². The fourth-order valence-electron chi connectivity index (χ4n) is 3.89. The summed E-state index contributed by atoms with van der Waals surface area (Å²) in [4.78, 5) is 12.5. The van der Waals surface area contributed by atoms with E-state index in [4.69, 9.17) is 27.9 Å². The lowest BCUT2D eigenvalue weighted by atomic mass is 9.93. The number of ether oxygens (including phenoxy) is 1. The smallest absolute Gasteiger partial charge is 0.258 e. The summed E-state index contributed by atoms with van der Waals surface area (Å²) in [6.45, 7) is 0.989. The van der Waals surface area contributed by atoms with Crippen LogP contribution in [0.3, 0.4) is 0 Å². The number of amides is 1. The summed E-state index contributed by atoms with van der Waals surface area (Å²) in [5.74, 6) is -0.674. The number of hydrogen-bond acceptors (Lipinski definition) is 6. The van der Waals surface area contributed by atoms with Gasteiger partial charge in [-0.1, -0.05) is 47.5 Å². The van der Waals surface area contributed by atoms with E-state index in [9.17, 15) is 21.6 Å². The molecule has 0 aliphatic carbocycles. The van der Waals surface area contributed by atoms with Crippen molar-refractivity contribution in [1.29, 1.82) is 0 Å². The Morgan fingerprint density at radius 2 is 1.73 bits per heavy atom. The van der Waals surface area contributed by atoms with E-state index in [1.54, 1.807) is 24.3 Å². The Balaban J connectivity index is 1.86. The van der Waals surface area contributed by atoms with Gasteiger partial charge in [-0.15, -0.1) is 0 Å². The maximum atomic E-state index is 15.5. The number of piperidine rings is 1. The topological polar surface area (TPSA) is 110 Å². The molecule has 1 aliphatic rings. The number of alkyl halides is 1. The van der Waals surface area contributed by atoms with E-state index < -0.39 is 37.5 Å². The number of methoxy groups -OCH3 is 1. The molecular weight excluding hydrogens is 566 g/mol. The molecule has 2 aromatic carbocycles. The predicted molar refractivity (Wildman–Crippen MR) is 142 cm³/mol. The van der Waals surface area contributed by atoms with Gasteiger partial charge in [0.25, 0.3) is 5.91 Å². The maximum Gasteiger partial charge on any atom is 0.258 e. The Morgan fingerprint density at radius 3 is 2.30 bits per heavy atom. The van der Waals surface area contributed by atoms with Crippen molar-refractivity contribution in [3.63, 3.8) is 0 Å². The molecule has 0 radical (unpaired) electrons. The molecule has 1 aliphatic heterocycles. The number of nitrogens with zero attached hydrogens (tertiary/aromatic N) is 1. The summed E-state index contributed by atoms with van der Waals surface area (Å²) in [7, 11) is -6.17. The van der Waals surface area contributed by atoms with Gasteiger partial charge >= 0.3 is 0 Å². The van der Waals surface area contributed by atoms with Crippen molar-refractivity contribution in [1.82, 2.24) is 9.62 Å². The molecule has 1 saturated heterocycles. The zero-order chi connectivity index (χ0) is 27.6. The summed E-state index contributed by atoms with van der Waals surface area (Å²) in [5, 5.41) is 3.74. The number of sulfonamides is 1. The molecule has 0 spiro atoms. The summed E-state index contributed by atoms with van der Waals surface area (Å²) in [6, 6.07) is 8.72. The quantitative estimate of drug-likeness (QED) is 0.491. The number of carbonyl (C=O) groups is 1. The second-order valence-electron chi connectivity index (χ2n) is 8.75. The average molecular weight is 594 g/mol. The van der Waals surface area contributed by atoms with Gasteiger partial charge in [0, 0.05) is 59.8 Å². The molecule has 0 aromatic heterocycles. The first-order valence-electron chi connectivity index (χ1n) is 11.2. The summed E-state index contributed by atoms with van der Waals surface area (Å²) >= 11 is 12.6. The van der Waals surface area contributed by atoms with E-state index in [2.05, 4.69) is 5.32 Å². The van der Waals surface area contributed by atoms with E-state index in [1.165, 1.54) is 32.2 Å². The zero-order valence-electron chi connectivity index (χ0n) is 20.4. The number of hydrogen-bond donors (Lipinski definition) is 1. The van der Waals surface area contributed by atoms with Gasteiger partial charge in [-0.3, -0.25) is 4.79 Å². The first kappa shape index (κ1) is 29.4. The first-order chi connectivity index (χ1) is 17.2. The van der Waals surface area contributed by atoms with Crippen LogP contribution in [-0.4, -0.2) is 65.2 Å². The Morgan fingerprint density at radius 1 is 1.11 bits per heavy atom. The van der Waals surface area contributed by atoms with Crippen LogP contribution in [-0.2, 0) is 24.7 Å². The van der Waals surface area contributed by atoms with Crippen molar-refractivity contribution in [3.8, 4) is 16.9 Å². The molecule has 1 N–H and O–H groups in total. The van der Waals surface area contributed by atoms with Crippen LogP contribution in [0, 0.1) is 0 Å². The largest absolute Gasteiger partial charge is 0.495 e. The van der Waals surface area contributed by atoms with Gasteiger partial charge in [0.05, 0.1) is 17.0 Å². The Kier molecular flexibility index (Phi) is 8.96. The molecule has 1 amide bonds. The van der Waals surface area contributed by atoms with Gasteiger partial charge < -0.3 is 10.1 Å². The Labute approximate surface area is 226 Å². The molecule has 13 heteroatoms. The van der Waals surface area contributed by atoms with Crippen molar-refractivity contribution in [2.75, 3.05) is 26.5 Å². The van der Waals surface area contributed by atoms with E-state index >= 15 is 4.39 Å². The van der Waals surface area contributed by atoms with E-state index in [1.807, 2.05) is 0 Å². The van der Waals surface area contributed by atoms with E-state index in [-0.39, 0.29) is 47.2 Å². The highest BCUT2D eigenvalue weighted by Gasteiger charge is 2.45. The highest BCUT2D eigenvalue weighted by molar-refractivity contribution is 7.93. The molecule has 0 unspecified atom stereocenters. The summed E-state index contributed by atoms with van der Waals surface area (Å²) in [6.07, 6.45) is 1.47. The average Bonchev–Trinajstić information content (AvgIpc) is 2.83. The van der Waals surface area contributed by atoms with Crippen LogP contribution in [0.2, 0.25) is 10.0 Å². The lowest BCUT2D eigenvalue weighted by Crippen LogP contribution is -2.53. The van der Waals surface area contributed by atoms with Crippen molar-refractivity contribution < 1.29 is 30.8 Å². The van der Waals surface area contributed by atoms with Gasteiger partial charge in [-0.25, -0.2) is 21.2 Å². The predicted octanol–water partition coefficient (Wildman–Crippen LogP) is 4.22. The van der Waals surface area contributed by atoms with Crippen LogP contribution in [0.25, 0.3) is 11.1 Å². The molecular formula is C24H27Cl2FN2O6S2. The van der Waals surface area contributed by atoms with Gasteiger partial charge in [0.15, 0.2) is 15.5 Å². The number of benzene rings is 2. The van der Waals surface area contributed by atoms with Gasteiger partial charge in [-0.05, 0) is 25.1 Å². The van der Waals surface area contributed by atoms with Crippen LogP contribution in [0.1, 0.15) is 19.8 Å². The number of nitrogens with one attached hydrogen (secondary N) is 1. The minimum atomic E-state index is -4.17. The monoisotopic (exact) mass is 592 g/mol. The summed E-state index contributed by atoms with van der Waals surface area (Å²) in [5.41, 5.74) is -1.60. The molecule has 2 aromatic rings. The summed E-state index contributed by atoms with van der Waals surface area (Å²) < 4.78 is 71.7. The van der Waals surface area contributed by atoms with Gasteiger partial charge in [0.2, 0.25) is 10.0 Å². The minimum absolute atomic E-state index is 0.0734. The standard InChI is InChI=1S/C24H27Cl2FN2O6S2/c1-16(8-13-36(3,31)32)28-23(30)24(27)9-11-29(12-10-24)37(33,34)22-15-20(26)21(35-2)14-18(22)17-6-4-5-7-19(17)25/h4-8,13-16H,9-12H2,1-3H3,(H,28,30)/b13-8-/t16-/m1/s1. The van der Waals surface area contributed by atoms with E-state index in [0.29, 0.717) is 10.6 Å².